The maximum Gasteiger partial charge on any atom is 0.300 e. The number of hydrogen-bond donors (Lipinski definition) is 0. The number of para-hydroxylation sites is 1. The monoisotopic (exact) mass is 207 g/mol. The van der Waals surface area contributed by atoms with E-state index in [1.807, 2.05) is 0 Å². The Hall–Kier alpha value is -1.84. The fourth-order valence-electron chi connectivity index (χ4n) is 1.33. The summed E-state index contributed by atoms with van der Waals surface area (Å²) in [5.74, 6) is -1.19. The highest BCUT2D eigenvalue weighted by atomic mass is 19.3. The van der Waals surface area contributed by atoms with E-state index >= 15 is 0 Å². The SMILES string of the molecule is O=C(c1cnc2ccccc2c1)C(F)F. The minimum absolute atomic E-state index is 0.0521. The van der Waals surface area contributed by atoms with Gasteiger partial charge < -0.3 is 0 Å². The first-order valence-corrected chi connectivity index (χ1v) is 4.35. The first-order chi connectivity index (χ1) is 7.18. The molecule has 2 rings (SSSR count). The summed E-state index contributed by atoms with van der Waals surface area (Å²) in [5, 5.41) is 0.684. The number of rotatable bonds is 2. The van der Waals surface area contributed by atoms with E-state index in [1.165, 1.54) is 12.3 Å². The molecule has 0 unspecified atom stereocenters. The summed E-state index contributed by atoms with van der Waals surface area (Å²) in [4.78, 5) is 14.9. The van der Waals surface area contributed by atoms with E-state index in [9.17, 15) is 13.6 Å². The van der Waals surface area contributed by atoms with Crippen molar-refractivity contribution in [2.75, 3.05) is 0 Å². The Bertz CT molecular complexity index is 511. The van der Waals surface area contributed by atoms with Crippen LogP contribution in [-0.2, 0) is 0 Å². The summed E-state index contributed by atoms with van der Waals surface area (Å²) in [6, 6.07) is 8.47. The standard InChI is InChI=1S/C11H7F2NO/c12-11(13)10(15)8-5-7-3-1-2-4-9(7)14-6-8/h1-6,11H. The number of benzene rings is 1. The molecule has 0 saturated carbocycles. The number of halogens is 2. The number of carbonyl (C=O) groups excluding carboxylic acids is 1. The third kappa shape index (κ3) is 1.83. The second kappa shape index (κ2) is 3.73. The van der Waals surface area contributed by atoms with Gasteiger partial charge in [-0.2, -0.15) is 0 Å². The second-order valence-electron chi connectivity index (χ2n) is 3.08. The normalized spacial score (nSPS) is 10.9. The van der Waals surface area contributed by atoms with Crippen molar-refractivity contribution in [2.45, 2.75) is 6.43 Å². The highest BCUT2D eigenvalue weighted by Gasteiger charge is 2.18. The molecule has 1 heterocycles. The topological polar surface area (TPSA) is 30.0 Å². The number of carbonyl (C=O) groups is 1. The molecule has 0 N–H and O–H groups in total. The zero-order valence-corrected chi connectivity index (χ0v) is 7.65. The van der Waals surface area contributed by atoms with E-state index in [-0.39, 0.29) is 5.56 Å². The molecule has 1 aromatic carbocycles. The van der Waals surface area contributed by atoms with E-state index in [2.05, 4.69) is 4.98 Å². The molecule has 1 aromatic heterocycles. The molecule has 4 heteroatoms. The van der Waals surface area contributed by atoms with Gasteiger partial charge in [-0.25, -0.2) is 8.78 Å². The number of Topliss-reactive ketones (excluding diaryl/α,β-unsaturated/α-hetero) is 1. The van der Waals surface area contributed by atoms with Crippen molar-refractivity contribution in [1.29, 1.82) is 0 Å². The van der Waals surface area contributed by atoms with Crippen LogP contribution in [0.5, 0.6) is 0 Å². The molecule has 0 saturated heterocycles. The molecule has 0 amide bonds. The van der Waals surface area contributed by atoms with Crippen LogP contribution in [0.2, 0.25) is 0 Å². The van der Waals surface area contributed by atoms with Crippen LogP contribution in [0.15, 0.2) is 36.5 Å². The average Bonchev–Trinajstić information content (AvgIpc) is 2.27. The van der Waals surface area contributed by atoms with Gasteiger partial charge in [-0.15, -0.1) is 0 Å². The molecule has 0 fully saturated rings. The van der Waals surface area contributed by atoms with Crippen LogP contribution < -0.4 is 0 Å². The predicted octanol–water partition coefficient (Wildman–Crippen LogP) is 2.68. The zero-order chi connectivity index (χ0) is 10.8. The van der Waals surface area contributed by atoms with Gasteiger partial charge in [0.25, 0.3) is 0 Å². The van der Waals surface area contributed by atoms with E-state index in [4.69, 9.17) is 0 Å². The fourth-order valence-corrected chi connectivity index (χ4v) is 1.33. The quantitative estimate of drug-likeness (QED) is 0.708. The summed E-state index contributed by atoms with van der Waals surface area (Å²) in [6.07, 6.45) is -1.80. The van der Waals surface area contributed by atoms with E-state index < -0.39 is 12.2 Å². The van der Waals surface area contributed by atoms with Crippen LogP contribution in [0.3, 0.4) is 0 Å². The molecular formula is C11H7F2NO. The smallest absolute Gasteiger partial charge is 0.288 e. The number of pyridine rings is 1. The molecule has 0 aliphatic rings. The number of aromatic nitrogens is 1. The molecule has 0 aliphatic heterocycles. The summed E-state index contributed by atoms with van der Waals surface area (Å²) >= 11 is 0. The van der Waals surface area contributed by atoms with E-state index in [0.29, 0.717) is 10.9 Å². The van der Waals surface area contributed by atoms with Gasteiger partial charge >= 0.3 is 6.43 Å². The van der Waals surface area contributed by atoms with Crippen molar-refractivity contribution in [3.05, 3.63) is 42.1 Å². The van der Waals surface area contributed by atoms with Crippen LogP contribution in [0.25, 0.3) is 10.9 Å². The largest absolute Gasteiger partial charge is 0.300 e. The lowest BCUT2D eigenvalue weighted by Crippen LogP contribution is -2.10. The van der Waals surface area contributed by atoms with Crippen LogP contribution in [0.1, 0.15) is 10.4 Å². The highest BCUT2D eigenvalue weighted by Crippen LogP contribution is 2.14. The first kappa shape index (κ1) is 9.71. The predicted molar refractivity (Wildman–Crippen MR) is 52.1 cm³/mol. The maximum absolute atomic E-state index is 12.1. The van der Waals surface area contributed by atoms with Gasteiger partial charge in [0.1, 0.15) is 0 Å². The lowest BCUT2D eigenvalue weighted by molar-refractivity contribution is 0.0678. The summed E-state index contributed by atoms with van der Waals surface area (Å²) in [5.41, 5.74) is 0.631. The Morgan fingerprint density at radius 3 is 2.73 bits per heavy atom. The molecule has 76 valence electrons. The van der Waals surface area contributed by atoms with Crippen molar-refractivity contribution >= 4 is 16.7 Å². The number of nitrogens with zero attached hydrogens (tertiary/aromatic N) is 1. The van der Waals surface area contributed by atoms with Crippen LogP contribution in [0, 0.1) is 0 Å². The molecular weight excluding hydrogens is 200 g/mol. The Balaban J connectivity index is 2.52. The third-order valence-corrected chi connectivity index (χ3v) is 2.07. The minimum atomic E-state index is -2.98. The van der Waals surface area contributed by atoms with Gasteiger partial charge in [-0.1, -0.05) is 18.2 Å². The minimum Gasteiger partial charge on any atom is -0.288 e. The van der Waals surface area contributed by atoms with Crippen LogP contribution in [0.4, 0.5) is 8.78 Å². The molecule has 0 spiro atoms. The molecule has 0 bridgehead atoms. The Kier molecular flexibility index (Phi) is 2.41. The summed E-state index contributed by atoms with van der Waals surface area (Å²) in [6.45, 7) is 0. The Morgan fingerprint density at radius 1 is 1.27 bits per heavy atom. The lowest BCUT2D eigenvalue weighted by atomic mass is 10.1. The highest BCUT2D eigenvalue weighted by molar-refractivity contribution is 6.00. The van der Waals surface area contributed by atoms with Crippen molar-refractivity contribution in [3.8, 4) is 0 Å². The lowest BCUT2D eigenvalue weighted by Gasteiger charge is -2.01. The molecule has 0 radical (unpaired) electrons. The number of fused-ring (bicyclic) bond motifs is 1. The van der Waals surface area contributed by atoms with E-state index in [0.717, 1.165) is 0 Å². The van der Waals surface area contributed by atoms with Crippen LogP contribution in [-0.4, -0.2) is 17.2 Å². The molecule has 0 atom stereocenters. The average molecular weight is 207 g/mol. The molecule has 2 aromatic rings. The van der Waals surface area contributed by atoms with Gasteiger partial charge in [0.2, 0.25) is 5.78 Å². The van der Waals surface area contributed by atoms with Gasteiger partial charge in [-0.05, 0) is 12.1 Å². The number of alkyl halides is 2. The number of ketones is 1. The first-order valence-electron chi connectivity index (χ1n) is 4.35. The summed E-state index contributed by atoms with van der Waals surface area (Å²) < 4.78 is 24.3. The van der Waals surface area contributed by atoms with Gasteiger partial charge in [0.05, 0.1) is 5.52 Å². The van der Waals surface area contributed by atoms with Crippen LogP contribution >= 0.6 is 0 Å². The second-order valence-corrected chi connectivity index (χ2v) is 3.08. The fraction of sp³-hybridized carbons (Fsp3) is 0.0909. The van der Waals surface area contributed by atoms with Gasteiger partial charge in [0.15, 0.2) is 0 Å². The Morgan fingerprint density at radius 2 is 2.00 bits per heavy atom. The summed E-state index contributed by atoms with van der Waals surface area (Å²) in [7, 11) is 0. The van der Waals surface area contributed by atoms with Crippen molar-refractivity contribution in [3.63, 3.8) is 0 Å². The Labute approximate surface area is 84.6 Å². The molecule has 0 aliphatic carbocycles. The molecule has 15 heavy (non-hydrogen) atoms. The van der Waals surface area contributed by atoms with Crippen molar-refractivity contribution < 1.29 is 13.6 Å². The molecule has 2 nitrogen and oxygen atoms in total. The van der Waals surface area contributed by atoms with Crippen molar-refractivity contribution in [1.82, 2.24) is 4.98 Å². The maximum atomic E-state index is 12.1. The van der Waals surface area contributed by atoms with Crippen molar-refractivity contribution in [2.24, 2.45) is 0 Å². The zero-order valence-electron chi connectivity index (χ0n) is 7.65. The van der Waals surface area contributed by atoms with E-state index in [1.54, 1.807) is 24.3 Å². The number of hydrogen-bond acceptors (Lipinski definition) is 2. The van der Waals surface area contributed by atoms with Gasteiger partial charge in [-0.3, -0.25) is 9.78 Å². The third-order valence-electron chi connectivity index (χ3n) is 2.07. The van der Waals surface area contributed by atoms with Gasteiger partial charge in [0, 0.05) is 17.1 Å².